The zero-order valence-electron chi connectivity index (χ0n) is 32.6. The fraction of sp³-hybridized carbons (Fsp3) is 0.537. The minimum absolute atomic E-state index is 0.0221. The maximum atomic E-state index is 13.7. The van der Waals surface area contributed by atoms with Crippen LogP contribution in [-0.2, 0) is 30.1 Å². The van der Waals surface area contributed by atoms with Crippen molar-refractivity contribution >= 4 is 63.7 Å². The molecule has 3 aliphatic heterocycles. The van der Waals surface area contributed by atoms with Gasteiger partial charge in [0.2, 0.25) is 23.3 Å². The summed E-state index contributed by atoms with van der Waals surface area (Å²) in [6.07, 6.45) is 1.42. The maximum Gasteiger partial charge on any atom is 0.417 e. The Morgan fingerprint density at radius 3 is 2.37 bits per heavy atom. The highest BCUT2D eigenvalue weighted by Gasteiger charge is 2.57. The van der Waals surface area contributed by atoms with Crippen LogP contribution in [0.1, 0.15) is 96.6 Å². The molecule has 0 aromatic heterocycles. The molecule has 0 bridgehead atoms. The molecule has 3 heterocycles. The van der Waals surface area contributed by atoms with E-state index in [1.54, 1.807) is 42.7 Å². The molecule has 0 radical (unpaired) electrons. The van der Waals surface area contributed by atoms with Gasteiger partial charge in [-0.05, 0) is 109 Å². The third kappa shape index (κ3) is 9.37. The number of imide groups is 1. The molecule has 1 saturated carbocycles. The van der Waals surface area contributed by atoms with Crippen LogP contribution in [0.5, 0.6) is 0 Å². The maximum absolute atomic E-state index is 13.7. The number of nitrogens with one attached hydrogen (secondary N) is 3. The number of ether oxygens (including phenoxy) is 1. The van der Waals surface area contributed by atoms with Gasteiger partial charge in [0.15, 0.2) is 0 Å². The van der Waals surface area contributed by atoms with Gasteiger partial charge in [-0.1, -0.05) is 6.07 Å². The molecule has 3 N–H and O–H groups in total. The lowest BCUT2D eigenvalue weighted by Gasteiger charge is -2.42. The number of halogens is 3. The molecule has 1 aliphatic carbocycles. The average molecular weight is 809 g/mol. The largest absolute Gasteiger partial charge is 0.417 e. The molecular weight excluding hydrogens is 760 g/mol. The highest BCUT2D eigenvalue weighted by molar-refractivity contribution is 7.80. The molecule has 16 heteroatoms. The lowest BCUT2D eigenvalue weighted by Crippen LogP contribution is -2.49. The SMILES string of the molecule is C[C@@H]1CC(CCOC2CCC(=[N+]3C(=S)N(c4ccc(C#N)c(C(F)(F)F)c4)C(=O)C3(C)C)CC2)C[C@H](C)N1CC(=O)Nc1cccc(NC2CCC(=O)NC2=O)c1. The summed E-state index contributed by atoms with van der Waals surface area (Å²) < 4.78 is 49.3. The molecular formula is C41H49F3N7O5S+. The Morgan fingerprint density at radius 1 is 1.04 bits per heavy atom. The normalized spacial score (nSPS) is 25.6. The van der Waals surface area contributed by atoms with Crippen molar-refractivity contribution in [2.45, 2.75) is 121 Å². The zero-order valence-corrected chi connectivity index (χ0v) is 33.4. The fourth-order valence-corrected chi connectivity index (χ4v) is 9.22. The van der Waals surface area contributed by atoms with Crippen LogP contribution >= 0.6 is 12.2 Å². The second kappa shape index (κ2) is 17.0. The number of rotatable bonds is 10. The van der Waals surface area contributed by atoms with E-state index in [-0.39, 0.29) is 59.7 Å². The van der Waals surface area contributed by atoms with Crippen LogP contribution in [0.4, 0.5) is 30.2 Å². The number of nitrogens with zero attached hydrogens (tertiary/aromatic N) is 4. The number of thiocarbonyl (C=S) groups is 1. The predicted octanol–water partition coefficient (Wildman–Crippen LogP) is 6.13. The van der Waals surface area contributed by atoms with E-state index in [9.17, 15) is 37.6 Å². The van der Waals surface area contributed by atoms with Crippen LogP contribution in [-0.4, -0.2) is 86.8 Å². The third-order valence-electron chi connectivity index (χ3n) is 11.6. The Morgan fingerprint density at radius 2 is 1.72 bits per heavy atom. The van der Waals surface area contributed by atoms with Gasteiger partial charge in [0, 0.05) is 61.5 Å². The van der Waals surface area contributed by atoms with Crippen molar-refractivity contribution in [3.63, 3.8) is 0 Å². The van der Waals surface area contributed by atoms with E-state index in [1.165, 1.54) is 6.07 Å². The summed E-state index contributed by atoms with van der Waals surface area (Å²) in [5.41, 5.74) is -0.517. The highest BCUT2D eigenvalue weighted by Crippen LogP contribution is 2.38. The van der Waals surface area contributed by atoms with E-state index >= 15 is 0 Å². The topological polar surface area (TPSA) is 147 Å². The number of piperidine rings is 2. The first-order valence-corrected chi connectivity index (χ1v) is 19.9. The van der Waals surface area contributed by atoms with Crippen molar-refractivity contribution in [2.75, 3.05) is 28.7 Å². The Bertz CT molecular complexity index is 1990. The second-order valence-electron chi connectivity index (χ2n) is 16.1. The van der Waals surface area contributed by atoms with Crippen LogP contribution in [0, 0.1) is 17.2 Å². The van der Waals surface area contributed by atoms with Gasteiger partial charge in [-0.15, -0.1) is 4.90 Å². The molecule has 57 heavy (non-hydrogen) atoms. The number of nitriles is 1. The first-order chi connectivity index (χ1) is 27.0. The van der Waals surface area contributed by atoms with Gasteiger partial charge in [0.05, 0.1) is 35.6 Å². The summed E-state index contributed by atoms with van der Waals surface area (Å²) in [7, 11) is 0. The highest BCUT2D eigenvalue weighted by atomic mass is 32.1. The first kappa shape index (κ1) is 41.9. The number of hydrogen-bond donors (Lipinski definition) is 3. The Hall–Kier alpha value is -4.72. The monoisotopic (exact) mass is 808 g/mol. The van der Waals surface area contributed by atoms with E-state index in [2.05, 4.69) is 34.7 Å². The number of amides is 4. The number of alkyl halides is 3. The van der Waals surface area contributed by atoms with Crippen molar-refractivity contribution in [1.82, 2.24) is 10.2 Å². The Balaban J connectivity index is 0.965. The minimum Gasteiger partial charge on any atom is -0.378 e. The Labute approximate surface area is 335 Å². The lowest BCUT2D eigenvalue weighted by atomic mass is 9.85. The molecule has 12 nitrogen and oxygen atoms in total. The van der Waals surface area contributed by atoms with Crippen LogP contribution in [0.2, 0.25) is 0 Å². The average Bonchev–Trinajstić information content (AvgIpc) is 3.32. The Kier molecular flexibility index (Phi) is 12.5. The molecule has 2 aromatic carbocycles. The van der Waals surface area contributed by atoms with Crippen molar-refractivity contribution < 1.29 is 41.7 Å². The summed E-state index contributed by atoms with van der Waals surface area (Å²) in [6.45, 7) is 8.58. The lowest BCUT2D eigenvalue weighted by molar-refractivity contribution is -0.468. The first-order valence-electron chi connectivity index (χ1n) is 19.5. The molecule has 6 rings (SSSR count). The summed E-state index contributed by atoms with van der Waals surface area (Å²) in [4.78, 5) is 53.8. The van der Waals surface area contributed by atoms with Crippen molar-refractivity contribution in [1.29, 1.82) is 5.26 Å². The van der Waals surface area contributed by atoms with E-state index in [0.717, 1.165) is 54.8 Å². The molecule has 0 spiro atoms. The van der Waals surface area contributed by atoms with E-state index in [0.29, 0.717) is 43.2 Å². The van der Waals surface area contributed by atoms with Gasteiger partial charge in [0.1, 0.15) is 11.7 Å². The van der Waals surface area contributed by atoms with E-state index < -0.39 is 34.8 Å². The van der Waals surface area contributed by atoms with Crippen molar-refractivity contribution in [3.05, 3.63) is 53.6 Å². The molecule has 4 aliphatic rings. The van der Waals surface area contributed by atoms with Crippen LogP contribution in [0.3, 0.4) is 0 Å². The second-order valence-corrected chi connectivity index (χ2v) is 16.4. The van der Waals surface area contributed by atoms with E-state index in [1.807, 2.05) is 6.07 Å². The molecule has 4 fully saturated rings. The number of likely N-dealkylation sites (tertiary alicyclic amines) is 1. The number of carbonyl (C=O) groups is 4. The number of hydrogen-bond acceptors (Lipinski definition) is 9. The molecule has 304 valence electrons. The van der Waals surface area contributed by atoms with Gasteiger partial charge in [0.25, 0.3) is 0 Å². The van der Waals surface area contributed by atoms with Crippen LogP contribution in [0.25, 0.3) is 0 Å². The van der Waals surface area contributed by atoms with Gasteiger partial charge in [-0.3, -0.25) is 24.6 Å². The minimum atomic E-state index is -4.77. The predicted molar refractivity (Wildman–Crippen MR) is 212 cm³/mol. The zero-order chi connectivity index (χ0) is 41.2. The van der Waals surface area contributed by atoms with Gasteiger partial charge in [-0.25, -0.2) is 9.37 Å². The van der Waals surface area contributed by atoms with Gasteiger partial charge >= 0.3 is 17.2 Å². The fourth-order valence-electron chi connectivity index (χ4n) is 8.67. The van der Waals surface area contributed by atoms with E-state index in [4.69, 9.17) is 17.0 Å². The number of benzene rings is 2. The summed E-state index contributed by atoms with van der Waals surface area (Å²) in [5, 5.41) is 17.8. The van der Waals surface area contributed by atoms with Gasteiger partial charge < -0.3 is 15.4 Å². The summed E-state index contributed by atoms with van der Waals surface area (Å²) in [5.74, 6) is -0.752. The summed E-state index contributed by atoms with van der Waals surface area (Å²) in [6, 6.07) is 11.8. The molecule has 2 unspecified atom stereocenters. The van der Waals surface area contributed by atoms with Crippen LogP contribution < -0.4 is 20.9 Å². The smallest absolute Gasteiger partial charge is 0.378 e. The molecule has 3 saturated heterocycles. The molecule has 4 atom stereocenters. The quantitative estimate of drug-likeness (QED) is 0.147. The van der Waals surface area contributed by atoms with Crippen LogP contribution in [0.15, 0.2) is 42.5 Å². The standard InChI is InChI=1S/C41H48F3N7O5S/c1-24-18-26(19-25(2)49(24)23-36(53)47-29-7-5-6-28(20-29)46-34-14-15-35(52)48-37(34)54)16-17-56-32-12-10-30(11-13-32)51-39(57)50(38(55)40(51,3)4)31-9-8-27(22-45)33(21-31)41(42,43)44/h5-9,20-21,24-26,32,34,46H,10-19,23H2,1-4H3,(H-,47,48,52,53,54)/p+1/t24-,25+,26?,32?,34?. The molecule has 2 aromatic rings. The molecule has 4 amide bonds. The number of carbonyl (C=O) groups excluding carboxylic acids is 4. The van der Waals surface area contributed by atoms with Crippen molar-refractivity contribution in [2.24, 2.45) is 5.92 Å². The van der Waals surface area contributed by atoms with Crippen molar-refractivity contribution in [3.8, 4) is 6.07 Å². The van der Waals surface area contributed by atoms with Gasteiger partial charge in [-0.2, -0.15) is 18.4 Å². The summed E-state index contributed by atoms with van der Waals surface area (Å²) >= 11 is 5.72. The third-order valence-corrected chi connectivity index (χ3v) is 12.0. The number of anilines is 3.